The van der Waals surface area contributed by atoms with E-state index in [4.69, 9.17) is 34.6 Å². The molecule has 0 unspecified atom stereocenters. The smallest absolute Gasteiger partial charge is 0.296 e. The predicted octanol–water partition coefficient (Wildman–Crippen LogP) is 6.19. The van der Waals surface area contributed by atoms with E-state index >= 15 is 0 Å². The van der Waals surface area contributed by atoms with Gasteiger partial charge in [-0.3, -0.25) is 12.9 Å². The minimum Gasteiger partial charge on any atom is -0.505 e. The molecule has 31 heteroatoms. The van der Waals surface area contributed by atoms with E-state index in [0.29, 0.717) is 18.1 Å². The van der Waals surface area contributed by atoms with Crippen molar-refractivity contribution in [3.05, 3.63) is 54.6 Å². The second-order valence-corrected chi connectivity index (χ2v) is 17.8. The van der Waals surface area contributed by atoms with Crippen LogP contribution >= 0.6 is 36.7 Å². The highest BCUT2D eigenvalue weighted by atomic mass is 32.2. The maximum absolute atomic E-state index is 12.9. The number of nitrogens with two attached hydrogens (primary N) is 1. The van der Waals surface area contributed by atoms with Gasteiger partial charge in [-0.1, -0.05) is 15.1 Å². The monoisotopic (exact) mass is 933 g/mol. The standard InChI is InChI=1S/C27H27N5O20S6/c1-44-22-7-3-15(56(37,38)10-8-45-54-51-48-35)12-21(22)30-32-26-23(53-50-47-34)14-18-17(27(26)33)4-5-19(28)25(18)31-29-20-6-2-16(13-24(20)58(41,42)43)57(39,40)11-9-46-55-52-49-36/h2-7,12-14,33-36H,8-11,28H2,1H3,(H,41,42,43). The predicted molar refractivity (Wildman–Crippen MR) is 199 cm³/mol. The van der Waals surface area contributed by atoms with Crippen LogP contribution in [0.1, 0.15) is 0 Å². The molecule has 0 aliphatic rings. The Hall–Kier alpha value is -3.84. The zero-order valence-electron chi connectivity index (χ0n) is 28.7. The van der Waals surface area contributed by atoms with E-state index in [1.807, 2.05) is 0 Å². The molecule has 0 heterocycles. The number of phenols is 1. The first-order valence-corrected chi connectivity index (χ1v) is 21.7. The van der Waals surface area contributed by atoms with Crippen molar-refractivity contribution in [1.82, 2.24) is 0 Å². The Labute approximate surface area is 339 Å². The Balaban J connectivity index is 1.75. The Morgan fingerprint density at radius 1 is 0.672 bits per heavy atom. The van der Waals surface area contributed by atoms with Crippen molar-refractivity contribution in [1.29, 1.82) is 0 Å². The van der Waals surface area contributed by atoms with Gasteiger partial charge in [0, 0.05) is 10.8 Å². The molecule has 4 aromatic carbocycles. The van der Waals surface area contributed by atoms with Crippen LogP contribution in [0, 0.1) is 0 Å². The molecule has 58 heavy (non-hydrogen) atoms. The summed E-state index contributed by atoms with van der Waals surface area (Å²) in [6.07, 6.45) is 0. The highest BCUT2D eigenvalue weighted by molar-refractivity contribution is 7.94. The van der Waals surface area contributed by atoms with Crippen LogP contribution in [0.25, 0.3) is 10.8 Å². The molecule has 4 rings (SSSR count). The Morgan fingerprint density at radius 3 is 1.83 bits per heavy atom. The summed E-state index contributed by atoms with van der Waals surface area (Å²) in [5, 5.41) is 62.9. The number of anilines is 1. The molecule has 25 nitrogen and oxygen atoms in total. The van der Waals surface area contributed by atoms with Gasteiger partial charge in [-0.2, -0.15) is 8.42 Å². The first-order valence-electron chi connectivity index (χ1n) is 14.9. The molecule has 0 saturated heterocycles. The largest absolute Gasteiger partial charge is 0.505 e. The molecule has 4 aromatic rings. The van der Waals surface area contributed by atoms with Gasteiger partial charge < -0.3 is 15.6 Å². The number of hydrogen-bond acceptors (Lipinski definition) is 27. The topological polar surface area (TPSA) is 362 Å². The first kappa shape index (κ1) is 46.8. The fourth-order valence-electron chi connectivity index (χ4n) is 4.53. The number of sulfone groups is 2. The summed E-state index contributed by atoms with van der Waals surface area (Å²) in [4.78, 5) is -1.86. The van der Waals surface area contributed by atoms with Gasteiger partial charge in [0.15, 0.2) is 50.1 Å². The molecule has 0 aliphatic carbocycles. The fourth-order valence-corrected chi connectivity index (χ4v) is 8.59. The molecule has 7 N–H and O–H groups in total. The highest BCUT2D eigenvalue weighted by Gasteiger charge is 2.24. The van der Waals surface area contributed by atoms with E-state index in [1.165, 1.54) is 37.4 Å². The van der Waals surface area contributed by atoms with Crippen LogP contribution in [0.2, 0.25) is 0 Å². The summed E-state index contributed by atoms with van der Waals surface area (Å²) < 4.78 is 113. The van der Waals surface area contributed by atoms with Crippen LogP contribution in [-0.2, 0) is 66.3 Å². The fraction of sp³-hybridized carbons (Fsp3) is 0.185. The van der Waals surface area contributed by atoms with Crippen molar-refractivity contribution in [2.45, 2.75) is 19.6 Å². The Morgan fingerprint density at radius 2 is 1.24 bits per heavy atom. The number of benzene rings is 4. The number of ether oxygens (including phenoxy) is 1. The van der Waals surface area contributed by atoms with Crippen LogP contribution in [0.5, 0.6) is 11.5 Å². The zero-order chi connectivity index (χ0) is 42.5. The Bertz CT molecular complexity index is 2480. The summed E-state index contributed by atoms with van der Waals surface area (Å²) in [5.41, 5.74) is 4.92. The van der Waals surface area contributed by atoms with Crippen LogP contribution in [0.3, 0.4) is 0 Å². The van der Waals surface area contributed by atoms with Crippen molar-refractivity contribution in [3.8, 4) is 11.5 Å². The number of phenolic OH excluding ortho intramolecular Hbond substituents is 1. The second-order valence-electron chi connectivity index (χ2n) is 10.4. The summed E-state index contributed by atoms with van der Waals surface area (Å²) >= 11 is 0.621. The Kier molecular flexibility index (Phi) is 17.3. The maximum atomic E-state index is 12.9. The van der Waals surface area contributed by atoms with Crippen molar-refractivity contribution < 1.29 is 91.9 Å². The third-order valence-corrected chi connectivity index (χ3v) is 12.7. The van der Waals surface area contributed by atoms with E-state index in [2.05, 4.69) is 48.6 Å². The van der Waals surface area contributed by atoms with Gasteiger partial charge in [0.2, 0.25) is 0 Å². The molecule has 0 aliphatic heterocycles. The number of hydrogen-bond donors (Lipinski definition) is 6. The number of nitrogen functional groups attached to an aromatic ring is 1. The van der Waals surface area contributed by atoms with Crippen LogP contribution in [0.4, 0.5) is 28.4 Å². The van der Waals surface area contributed by atoms with E-state index in [0.717, 1.165) is 18.2 Å². The van der Waals surface area contributed by atoms with Crippen LogP contribution in [-0.4, -0.2) is 82.5 Å². The average Bonchev–Trinajstić information content (AvgIpc) is 3.18. The molecule has 0 atom stereocenters. The van der Waals surface area contributed by atoms with Gasteiger partial charge >= 0.3 is 0 Å². The average molecular weight is 934 g/mol. The molecule has 0 bridgehead atoms. The van der Waals surface area contributed by atoms with Gasteiger partial charge in [0.25, 0.3) is 10.1 Å². The lowest BCUT2D eigenvalue weighted by molar-refractivity contribution is -0.434. The first-order chi connectivity index (χ1) is 27.6. The zero-order valence-corrected chi connectivity index (χ0v) is 33.6. The number of methoxy groups -OCH3 is 1. The highest BCUT2D eigenvalue weighted by Crippen LogP contribution is 2.48. The van der Waals surface area contributed by atoms with Gasteiger partial charge in [-0.25, -0.2) is 32.6 Å². The quantitative estimate of drug-likeness (QED) is 0.00917. The van der Waals surface area contributed by atoms with Crippen molar-refractivity contribution >= 4 is 106 Å². The van der Waals surface area contributed by atoms with Gasteiger partial charge in [0.05, 0.1) is 64.2 Å². The van der Waals surface area contributed by atoms with Crippen molar-refractivity contribution in [2.75, 3.05) is 37.6 Å². The third-order valence-electron chi connectivity index (χ3n) is 7.07. The lowest BCUT2D eigenvalue weighted by atomic mass is 10.1. The molecule has 0 amide bonds. The summed E-state index contributed by atoms with van der Waals surface area (Å²) in [7, 11) is -12.1. The number of nitrogens with zero attached hydrogens (tertiary/aromatic N) is 4. The molecule has 0 spiro atoms. The second kappa shape index (κ2) is 21.4. The van der Waals surface area contributed by atoms with E-state index in [9.17, 15) is 34.9 Å². The lowest BCUT2D eigenvalue weighted by Gasteiger charge is -2.12. The lowest BCUT2D eigenvalue weighted by Crippen LogP contribution is -2.12. The van der Waals surface area contributed by atoms with E-state index < -0.39 is 69.1 Å². The number of azo groups is 2. The summed E-state index contributed by atoms with van der Waals surface area (Å²) in [6, 6.07) is 10.1. The SMILES string of the molecule is COc1ccc(S(=O)(=O)CCOSOOO)cc1N=Nc1c(SOOO)cc2c(N=Nc3ccc(S(=O)(=O)CCOSOOO)cc3S(=O)(=O)O)c(N)ccc2c1O. The molecule has 0 aromatic heterocycles. The maximum Gasteiger partial charge on any atom is 0.296 e. The number of aromatic hydroxyl groups is 1. The number of fused-ring (bicyclic) bond motifs is 1. The molecular formula is C27H27N5O20S6. The summed E-state index contributed by atoms with van der Waals surface area (Å²) in [6.45, 7) is -0.868. The molecule has 0 fully saturated rings. The minimum absolute atomic E-state index is 0.00381. The minimum atomic E-state index is -5.12. The van der Waals surface area contributed by atoms with Gasteiger partial charge in [-0.15, -0.1) is 33.5 Å². The molecular weight excluding hydrogens is 907 g/mol. The van der Waals surface area contributed by atoms with Crippen molar-refractivity contribution in [3.63, 3.8) is 0 Å². The van der Waals surface area contributed by atoms with Gasteiger partial charge in [-0.05, 0) is 54.6 Å². The molecule has 0 saturated carbocycles. The summed E-state index contributed by atoms with van der Waals surface area (Å²) in [5.74, 6) is -1.77. The van der Waals surface area contributed by atoms with Gasteiger partial charge in [0.1, 0.15) is 33.4 Å². The third kappa shape index (κ3) is 12.3. The van der Waals surface area contributed by atoms with Crippen LogP contribution < -0.4 is 10.5 Å². The van der Waals surface area contributed by atoms with Crippen LogP contribution in [0.15, 0.2) is 94.6 Å². The molecule has 0 radical (unpaired) electrons. The normalized spacial score (nSPS) is 12.6. The van der Waals surface area contributed by atoms with E-state index in [-0.39, 0.29) is 80.3 Å². The van der Waals surface area contributed by atoms with Crippen molar-refractivity contribution in [2.24, 2.45) is 20.5 Å². The van der Waals surface area contributed by atoms with E-state index in [1.54, 1.807) is 0 Å². The molecule has 316 valence electrons. The number of rotatable bonds is 23.